The van der Waals surface area contributed by atoms with Gasteiger partial charge in [0.2, 0.25) is 6.79 Å². The number of hydrogen-bond acceptors (Lipinski definition) is 6. The van der Waals surface area contributed by atoms with Crippen LogP contribution in [0.5, 0.6) is 11.5 Å². The summed E-state index contributed by atoms with van der Waals surface area (Å²) >= 11 is 1.46. The number of carbonyl (C=O) groups is 2. The van der Waals surface area contributed by atoms with Crippen molar-refractivity contribution in [3.05, 3.63) is 23.8 Å². The number of carbonyl (C=O) groups excluding carboxylic acids is 2. The molecule has 7 nitrogen and oxygen atoms in total. The van der Waals surface area contributed by atoms with Gasteiger partial charge in [-0.25, -0.2) is 0 Å². The molecule has 1 aromatic rings. The molecule has 1 heterocycles. The van der Waals surface area contributed by atoms with Gasteiger partial charge in [-0.05, 0) is 30.9 Å². The monoisotopic (exact) mass is 340 g/mol. The lowest BCUT2D eigenvalue weighted by Crippen LogP contribution is -2.47. The van der Waals surface area contributed by atoms with Gasteiger partial charge in [0.25, 0.3) is 0 Å². The number of hydrogen-bond donors (Lipinski definition) is 3. The van der Waals surface area contributed by atoms with Gasteiger partial charge in [0.1, 0.15) is 0 Å². The van der Waals surface area contributed by atoms with Crippen LogP contribution < -0.4 is 20.1 Å². The summed E-state index contributed by atoms with van der Waals surface area (Å²) in [7, 11) is 0. The van der Waals surface area contributed by atoms with Gasteiger partial charge in [0, 0.05) is 18.8 Å². The molecule has 23 heavy (non-hydrogen) atoms. The molecule has 1 aromatic carbocycles. The van der Waals surface area contributed by atoms with Gasteiger partial charge in [0.05, 0.1) is 5.60 Å². The number of rotatable bonds is 6. The van der Waals surface area contributed by atoms with Gasteiger partial charge in [-0.3, -0.25) is 9.59 Å². The van der Waals surface area contributed by atoms with E-state index in [1.54, 1.807) is 25.1 Å². The average Bonchev–Trinajstić information content (AvgIpc) is 2.97. The Morgan fingerprint density at radius 1 is 1.26 bits per heavy atom. The molecule has 0 saturated carbocycles. The molecule has 0 radical (unpaired) electrons. The van der Waals surface area contributed by atoms with E-state index in [-0.39, 0.29) is 19.9 Å². The van der Waals surface area contributed by atoms with E-state index in [0.29, 0.717) is 17.3 Å². The molecule has 0 fully saturated rings. The number of fused-ring (bicyclic) bond motifs is 1. The van der Waals surface area contributed by atoms with Crippen LogP contribution in [0.4, 0.5) is 0 Å². The zero-order valence-electron chi connectivity index (χ0n) is 13.0. The smallest absolute Gasteiger partial charge is 0.309 e. The van der Waals surface area contributed by atoms with E-state index in [2.05, 4.69) is 10.6 Å². The van der Waals surface area contributed by atoms with Gasteiger partial charge in [-0.2, -0.15) is 11.8 Å². The molecule has 0 aromatic heterocycles. The summed E-state index contributed by atoms with van der Waals surface area (Å²) in [5, 5.41) is 14.9. The van der Waals surface area contributed by atoms with E-state index in [1.807, 2.05) is 6.26 Å². The van der Waals surface area contributed by atoms with E-state index >= 15 is 0 Å². The van der Waals surface area contributed by atoms with E-state index in [9.17, 15) is 14.7 Å². The average molecular weight is 340 g/mol. The minimum atomic E-state index is -1.05. The standard InChI is InChI=1S/C15H20N2O5S/c1-15(20,8-23-2)7-17-14(19)13(18)16-6-10-3-4-11-12(5-10)22-9-21-11/h3-5,20H,6-9H2,1-2H3,(H,16,18)(H,17,19). The molecule has 2 amide bonds. The van der Waals surface area contributed by atoms with Crippen LogP contribution in [0, 0.1) is 0 Å². The molecule has 0 aliphatic carbocycles. The van der Waals surface area contributed by atoms with Crippen LogP contribution in [0.25, 0.3) is 0 Å². The zero-order chi connectivity index (χ0) is 16.9. The van der Waals surface area contributed by atoms with Crippen molar-refractivity contribution in [1.29, 1.82) is 0 Å². The third-order valence-electron chi connectivity index (χ3n) is 3.18. The van der Waals surface area contributed by atoms with Crippen LogP contribution in [-0.4, -0.2) is 47.9 Å². The molecule has 2 rings (SSSR count). The first-order valence-electron chi connectivity index (χ1n) is 7.07. The SMILES string of the molecule is CSCC(C)(O)CNC(=O)C(=O)NCc1ccc2c(c1)OCO2. The van der Waals surface area contributed by atoms with Crippen LogP contribution in [-0.2, 0) is 16.1 Å². The Labute approximate surface area is 138 Å². The third-order valence-corrected chi connectivity index (χ3v) is 4.09. The second kappa shape index (κ2) is 7.56. The molecule has 126 valence electrons. The second-order valence-corrected chi connectivity index (χ2v) is 6.35. The van der Waals surface area contributed by atoms with Crippen molar-refractivity contribution in [2.45, 2.75) is 19.1 Å². The minimum absolute atomic E-state index is 0.0180. The van der Waals surface area contributed by atoms with Crippen molar-refractivity contribution >= 4 is 23.6 Å². The lowest BCUT2D eigenvalue weighted by Gasteiger charge is -2.22. The normalized spacial score (nSPS) is 14.9. The van der Waals surface area contributed by atoms with Crippen LogP contribution in [0.3, 0.4) is 0 Å². The summed E-state index contributed by atoms with van der Waals surface area (Å²) in [4.78, 5) is 23.5. The van der Waals surface area contributed by atoms with Crippen LogP contribution in [0.1, 0.15) is 12.5 Å². The molecule has 0 saturated heterocycles. The summed E-state index contributed by atoms with van der Waals surface area (Å²) in [5.41, 5.74) is -0.253. The predicted octanol–water partition coefficient (Wildman–Crippen LogP) is 0.262. The molecule has 1 aliphatic rings. The zero-order valence-corrected chi connectivity index (χ0v) is 13.9. The van der Waals surface area contributed by atoms with Crippen molar-refractivity contribution in [2.24, 2.45) is 0 Å². The van der Waals surface area contributed by atoms with E-state index in [1.165, 1.54) is 11.8 Å². The quantitative estimate of drug-likeness (QED) is 0.643. The largest absolute Gasteiger partial charge is 0.454 e. The number of nitrogens with one attached hydrogen (secondary N) is 2. The van der Waals surface area contributed by atoms with Crippen molar-refractivity contribution in [3.8, 4) is 11.5 Å². The lowest BCUT2D eigenvalue weighted by molar-refractivity contribution is -0.139. The first kappa shape index (κ1) is 17.4. The van der Waals surface area contributed by atoms with Gasteiger partial charge in [-0.1, -0.05) is 6.07 Å². The fourth-order valence-corrected chi connectivity index (χ4v) is 2.75. The van der Waals surface area contributed by atoms with Crippen LogP contribution >= 0.6 is 11.8 Å². The molecule has 3 N–H and O–H groups in total. The van der Waals surface area contributed by atoms with Crippen molar-refractivity contribution in [1.82, 2.24) is 10.6 Å². The number of benzene rings is 1. The summed E-state index contributed by atoms with van der Waals surface area (Å²) in [6, 6.07) is 5.29. The minimum Gasteiger partial charge on any atom is -0.454 e. The highest BCUT2D eigenvalue weighted by atomic mass is 32.2. The van der Waals surface area contributed by atoms with Gasteiger partial charge in [-0.15, -0.1) is 0 Å². The Bertz CT molecular complexity index is 591. The maximum Gasteiger partial charge on any atom is 0.309 e. The maximum absolute atomic E-state index is 11.8. The Morgan fingerprint density at radius 3 is 2.70 bits per heavy atom. The van der Waals surface area contributed by atoms with Gasteiger partial charge in [0.15, 0.2) is 11.5 Å². The Morgan fingerprint density at radius 2 is 1.96 bits per heavy atom. The van der Waals surface area contributed by atoms with Crippen molar-refractivity contribution < 1.29 is 24.2 Å². The summed E-state index contributed by atoms with van der Waals surface area (Å²) in [6.45, 7) is 2.01. The van der Waals surface area contributed by atoms with Gasteiger partial charge >= 0.3 is 11.8 Å². The van der Waals surface area contributed by atoms with Crippen LogP contribution in [0.15, 0.2) is 18.2 Å². The molecular weight excluding hydrogens is 320 g/mol. The number of aliphatic hydroxyl groups is 1. The molecule has 1 aliphatic heterocycles. The first-order valence-corrected chi connectivity index (χ1v) is 8.46. The molecule has 0 spiro atoms. The Kier molecular flexibility index (Phi) is 5.73. The molecule has 1 unspecified atom stereocenters. The highest BCUT2D eigenvalue weighted by molar-refractivity contribution is 7.98. The third kappa shape index (κ3) is 5.04. The molecular formula is C15H20N2O5S. The number of thioether (sulfide) groups is 1. The van der Waals surface area contributed by atoms with Crippen LogP contribution in [0.2, 0.25) is 0 Å². The van der Waals surface area contributed by atoms with Crippen molar-refractivity contribution in [2.75, 3.05) is 25.3 Å². The van der Waals surface area contributed by atoms with Gasteiger partial charge < -0.3 is 25.2 Å². The number of amides is 2. The first-order chi connectivity index (χ1) is 10.9. The molecule has 1 atom stereocenters. The summed E-state index contributed by atoms with van der Waals surface area (Å²) in [5.74, 6) is 0.226. The Balaban J connectivity index is 1.79. The molecule has 8 heteroatoms. The van der Waals surface area contributed by atoms with E-state index < -0.39 is 17.4 Å². The predicted molar refractivity (Wildman–Crippen MR) is 86.4 cm³/mol. The lowest BCUT2D eigenvalue weighted by atomic mass is 10.1. The number of ether oxygens (including phenoxy) is 2. The topological polar surface area (TPSA) is 96.9 Å². The summed E-state index contributed by atoms with van der Waals surface area (Å²) in [6.07, 6.45) is 1.86. The fourth-order valence-electron chi connectivity index (χ4n) is 2.03. The Hall–Kier alpha value is -1.93. The van der Waals surface area contributed by atoms with E-state index in [0.717, 1.165) is 5.56 Å². The highest BCUT2D eigenvalue weighted by Crippen LogP contribution is 2.32. The summed E-state index contributed by atoms with van der Waals surface area (Å²) < 4.78 is 10.5. The highest BCUT2D eigenvalue weighted by Gasteiger charge is 2.22. The maximum atomic E-state index is 11.8. The van der Waals surface area contributed by atoms with Crippen molar-refractivity contribution in [3.63, 3.8) is 0 Å². The fraction of sp³-hybridized carbons (Fsp3) is 0.467. The second-order valence-electron chi connectivity index (χ2n) is 5.48. The molecule has 0 bridgehead atoms. The van der Waals surface area contributed by atoms with E-state index in [4.69, 9.17) is 9.47 Å².